The Morgan fingerprint density at radius 3 is 2.11 bits per heavy atom. The van der Waals surface area contributed by atoms with Gasteiger partial charge in [-0.15, -0.1) is 0 Å². The first kappa shape index (κ1) is 28.8. The molecular formula is C29H34FN3O4S. The van der Waals surface area contributed by atoms with Gasteiger partial charge in [-0.25, -0.2) is 12.8 Å². The van der Waals surface area contributed by atoms with E-state index in [-0.39, 0.29) is 29.1 Å². The van der Waals surface area contributed by atoms with Gasteiger partial charge in [0, 0.05) is 12.6 Å². The third kappa shape index (κ3) is 7.19. The maximum atomic E-state index is 13.8. The molecule has 0 heterocycles. The number of halogens is 1. The van der Waals surface area contributed by atoms with Gasteiger partial charge in [-0.1, -0.05) is 55.0 Å². The van der Waals surface area contributed by atoms with Crippen LogP contribution in [0, 0.1) is 12.7 Å². The summed E-state index contributed by atoms with van der Waals surface area (Å²) in [6.45, 7) is 6.98. The lowest BCUT2D eigenvalue weighted by Gasteiger charge is -2.32. The number of nitrogens with one attached hydrogen (secondary N) is 1. The number of amides is 2. The van der Waals surface area contributed by atoms with E-state index in [0.717, 1.165) is 46.1 Å². The van der Waals surface area contributed by atoms with E-state index >= 15 is 0 Å². The van der Waals surface area contributed by atoms with Crippen molar-refractivity contribution in [2.24, 2.45) is 0 Å². The molecule has 3 aromatic rings. The molecule has 0 spiro atoms. The lowest BCUT2D eigenvalue weighted by Crippen LogP contribution is -2.52. The Labute approximate surface area is 224 Å². The molecule has 202 valence electrons. The first-order chi connectivity index (χ1) is 18.0. The first-order valence-electron chi connectivity index (χ1n) is 12.5. The van der Waals surface area contributed by atoms with Crippen LogP contribution in [0.2, 0.25) is 0 Å². The minimum Gasteiger partial charge on any atom is -0.352 e. The number of rotatable bonds is 11. The molecule has 2 atom stereocenters. The van der Waals surface area contributed by atoms with E-state index in [1.165, 1.54) is 4.90 Å². The highest BCUT2D eigenvalue weighted by Gasteiger charge is 2.32. The molecule has 3 rings (SSSR count). The number of carbonyl (C=O) groups is 2. The summed E-state index contributed by atoms with van der Waals surface area (Å²) in [4.78, 5) is 28.1. The van der Waals surface area contributed by atoms with Gasteiger partial charge in [0.25, 0.3) is 10.0 Å². The Bertz CT molecular complexity index is 1330. The van der Waals surface area contributed by atoms with Gasteiger partial charge in [0.2, 0.25) is 11.8 Å². The predicted octanol–water partition coefficient (Wildman–Crippen LogP) is 4.66. The number of aryl methyl sites for hydroxylation is 1. The van der Waals surface area contributed by atoms with Crippen molar-refractivity contribution < 1.29 is 22.4 Å². The SMILES string of the molecule is CC[C@@H](C)NC(=O)[C@@H](C)N(Cc1ccc(C)cc1)C(=O)CN(c1ccccc1)S(=O)(=O)c1ccc(F)cc1. The molecule has 7 nitrogen and oxygen atoms in total. The van der Waals surface area contributed by atoms with E-state index in [1.807, 2.05) is 45.0 Å². The standard InChI is InChI=1S/C29H34FN3O4S/c1-5-22(3)31-29(35)23(4)32(19-24-13-11-21(2)12-14-24)28(34)20-33(26-9-7-6-8-10-26)38(36,37)27-17-15-25(30)16-18-27/h6-18,22-23H,5,19-20H2,1-4H3,(H,31,35)/t22-,23-/m1/s1. The summed E-state index contributed by atoms with van der Waals surface area (Å²) < 4.78 is 41.8. The van der Waals surface area contributed by atoms with Crippen molar-refractivity contribution in [1.29, 1.82) is 0 Å². The molecule has 0 bridgehead atoms. The number of benzene rings is 3. The number of para-hydroxylation sites is 1. The molecule has 0 saturated carbocycles. The molecule has 0 aromatic heterocycles. The zero-order valence-electron chi connectivity index (χ0n) is 22.1. The maximum Gasteiger partial charge on any atom is 0.264 e. The first-order valence-corrected chi connectivity index (χ1v) is 14.0. The van der Waals surface area contributed by atoms with Gasteiger partial charge in [0.15, 0.2) is 0 Å². The van der Waals surface area contributed by atoms with Gasteiger partial charge < -0.3 is 10.2 Å². The second-order valence-electron chi connectivity index (χ2n) is 9.30. The molecule has 2 amide bonds. The lowest BCUT2D eigenvalue weighted by atomic mass is 10.1. The van der Waals surface area contributed by atoms with E-state index in [9.17, 15) is 22.4 Å². The van der Waals surface area contributed by atoms with Crippen LogP contribution in [0.1, 0.15) is 38.3 Å². The molecule has 0 aliphatic carbocycles. The molecule has 0 aliphatic rings. The van der Waals surface area contributed by atoms with E-state index in [2.05, 4.69) is 5.32 Å². The van der Waals surface area contributed by atoms with Crippen LogP contribution >= 0.6 is 0 Å². The van der Waals surface area contributed by atoms with Gasteiger partial charge in [-0.05, 0) is 69.2 Å². The van der Waals surface area contributed by atoms with E-state index in [0.29, 0.717) is 0 Å². The van der Waals surface area contributed by atoms with Crippen molar-refractivity contribution >= 4 is 27.5 Å². The second-order valence-corrected chi connectivity index (χ2v) is 11.2. The molecule has 3 aromatic carbocycles. The van der Waals surface area contributed by atoms with Crippen LogP contribution in [-0.2, 0) is 26.2 Å². The topological polar surface area (TPSA) is 86.8 Å². The average Bonchev–Trinajstić information content (AvgIpc) is 2.91. The minimum atomic E-state index is -4.23. The van der Waals surface area contributed by atoms with Gasteiger partial charge in [0.05, 0.1) is 10.6 Å². The summed E-state index contributed by atoms with van der Waals surface area (Å²) in [5.74, 6) is -1.45. The fourth-order valence-corrected chi connectivity index (χ4v) is 5.21. The Balaban J connectivity index is 1.99. The highest BCUT2D eigenvalue weighted by molar-refractivity contribution is 7.92. The summed E-state index contributed by atoms with van der Waals surface area (Å²) in [6, 6.07) is 19.3. The summed E-state index contributed by atoms with van der Waals surface area (Å²) in [6.07, 6.45) is 0.724. The third-order valence-electron chi connectivity index (χ3n) is 6.37. The number of sulfonamides is 1. The molecule has 0 fully saturated rings. The fourth-order valence-electron chi connectivity index (χ4n) is 3.80. The molecule has 1 N–H and O–H groups in total. The number of nitrogens with zero attached hydrogens (tertiary/aromatic N) is 2. The monoisotopic (exact) mass is 539 g/mol. The summed E-state index contributed by atoms with van der Waals surface area (Å²) in [5, 5.41) is 2.91. The molecule has 0 unspecified atom stereocenters. The Kier molecular flexibility index (Phi) is 9.63. The molecular weight excluding hydrogens is 505 g/mol. The minimum absolute atomic E-state index is 0.0825. The molecule has 0 aliphatic heterocycles. The van der Waals surface area contributed by atoms with Crippen LogP contribution in [0.3, 0.4) is 0 Å². The van der Waals surface area contributed by atoms with Crippen LogP contribution in [0.15, 0.2) is 83.8 Å². The number of hydrogen-bond acceptors (Lipinski definition) is 4. The van der Waals surface area contributed by atoms with Gasteiger partial charge in [0.1, 0.15) is 18.4 Å². The number of hydrogen-bond donors (Lipinski definition) is 1. The highest BCUT2D eigenvalue weighted by atomic mass is 32.2. The zero-order valence-corrected chi connectivity index (χ0v) is 22.9. The Morgan fingerprint density at radius 2 is 1.53 bits per heavy atom. The average molecular weight is 540 g/mol. The fraction of sp³-hybridized carbons (Fsp3) is 0.310. The molecule has 9 heteroatoms. The second kappa shape index (κ2) is 12.7. The van der Waals surface area contributed by atoms with E-state index in [1.54, 1.807) is 37.3 Å². The van der Waals surface area contributed by atoms with Crippen molar-refractivity contribution in [2.45, 2.75) is 57.6 Å². The lowest BCUT2D eigenvalue weighted by molar-refractivity contribution is -0.139. The summed E-state index contributed by atoms with van der Waals surface area (Å²) >= 11 is 0. The van der Waals surface area contributed by atoms with Gasteiger partial charge in [-0.3, -0.25) is 13.9 Å². The Hall–Kier alpha value is -3.72. The van der Waals surface area contributed by atoms with Crippen LogP contribution < -0.4 is 9.62 Å². The highest BCUT2D eigenvalue weighted by Crippen LogP contribution is 2.24. The van der Waals surface area contributed by atoms with E-state index < -0.39 is 34.3 Å². The van der Waals surface area contributed by atoms with Crippen molar-refractivity contribution in [3.8, 4) is 0 Å². The normalized spacial score (nSPS) is 12.9. The van der Waals surface area contributed by atoms with Gasteiger partial charge in [-0.2, -0.15) is 0 Å². The van der Waals surface area contributed by atoms with E-state index in [4.69, 9.17) is 0 Å². The molecule has 0 saturated heterocycles. The van der Waals surface area contributed by atoms with Crippen LogP contribution in [0.4, 0.5) is 10.1 Å². The van der Waals surface area contributed by atoms with Crippen LogP contribution in [0.25, 0.3) is 0 Å². The largest absolute Gasteiger partial charge is 0.352 e. The molecule has 0 radical (unpaired) electrons. The van der Waals surface area contributed by atoms with Crippen molar-refractivity contribution in [3.05, 3.63) is 95.8 Å². The predicted molar refractivity (Wildman–Crippen MR) is 146 cm³/mol. The van der Waals surface area contributed by atoms with Gasteiger partial charge >= 0.3 is 0 Å². The summed E-state index contributed by atoms with van der Waals surface area (Å²) in [7, 11) is -4.23. The number of anilines is 1. The molecule has 38 heavy (non-hydrogen) atoms. The van der Waals surface area contributed by atoms with Crippen LogP contribution in [0.5, 0.6) is 0 Å². The Morgan fingerprint density at radius 1 is 0.921 bits per heavy atom. The van der Waals surface area contributed by atoms with Crippen molar-refractivity contribution in [1.82, 2.24) is 10.2 Å². The quantitative estimate of drug-likeness (QED) is 0.384. The third-order valence-corrected chi connectivity index (χ3v) is 8.15. The van der Waals surface area contributed by atoms with Crippen LogP contribution in [-0.4, -0.2) is 43.8 Å². The van der Waals surface area contributed by atoms with Crippen molar-refractivity contribution in [3.63, 3.8) is 0 Å². The van der Waals surface area contributed by atoms with Crippen molar-refractivity contribution in [2.75, 3.05) is 10.8 Å². The maximum absolute atomic E-state index is 13.8. The number of carbonyl (C=O) groups excluding carboxylic acids is 2. The smallest absolute Gasteiger partial charge is 0.264 e. The zero-order chi connectivity index (χ0) is 27.9. The summed E-state index contributed by atoms with van der Waals surface area (Å²) in [5.41, 5.74) is 2.13.